The van der Waals surface area contributed by atoms with Gasteiger partial charge in [-0.05, 0) is 44.2 Å². The van der Waals surface area contributed by atoms with Crippen LogP contribution in [0.5, 0.6) is 0 Å². The van der Waals surface area contributed by atoms with Crippen LogP contribution in [0.25, 0.3) is 5.69 Å². The molecule has 1 heterocycles. The van der Waals surface area contributed by atoms with E-state index in [0.29, 0.717) is 16.4 Å². The predicted octanol–water partition coefficient (Wildman–Crippen LogP) is 5.23. The molecule has 0 aliphatic heterocycles. The van der Waals surface area contributed by atoms with E-state index in [0.717, 1.165) is 5.69 Å². The summed E-state index contributed by atoms with van der Waals surface area (Å²) in [7, 11) is 0. The molecule has 1 N–H and O–H groups in total. The fourth-order valence-electron chi connectivity index (χ4n) is 2.57. The highest BCUT2D eigenvalue weighted by molar-refractivity contribution is 6.40. The molecule has 0 saturated heterocycles. The maximum atomic E-state index is 14.1. The Morgan fingerprint density at radius 3 is 2.35 bits per heavy atom. The van der Waals surface area contributed by atoms with Gasteiger partial charge in [0.2, 0.25) is 5.91 Å². The van der Waals surface area contributed by atoms with E-state index >= 15 is 0 Å². The third kappa shape index (κ3) is 3.45. The number of carbonyl (C=O) groups is 1. The highest BCUT2D eigenvalue weighted by atomic mass is 35.5. The standard InChI is InChI=1S/C19H16Cl2FN3O/c1-19(2,14-5-3-4-6-15(14)22)18(26)24-12-7-9-13(10-8-12)25-11-23-16(20)17(25)21/h3-11H,1-2H3,(H,24,26). The third-order valence-corrected chi connectivity index (χ3v) is 4.92. The van der Waals surface area contributed by atoms with E-state index < -0.39 is 11.2 Å². The fourth-order valence-corrected chi connectivity index (χ4v) is 2.90. The van der Waals surface area contributed by atoms with Crippen LogP contribution in [0.1, 0.15) is 19.4 Å². The van der Waals surface area contributed by atoms with Gasteiger partial charge in [-0.1, -0.05) is 41.4 Å². The number of hydrogen-bond acceptors (Lipinski definition) is 2. The molecule has 3 aromatic rings. The van der Waals surface area contributed by atoms with E-state index in [1.807, 2.05) is 0 Å². The summed E-state index contributed by atoms with van der Waals surface area (Å²) >= 11 is 11.9. The van der Waals surface area contributed by atoms with E-state index in [1.165, 1.54) is 12.4 Å². The average Bonchev–Trinajstić information content (AvgIpc) is 2.95. The molecule has 0 radical (unpaired) electrons. The van der Waals surface area contributed by atoms with Crippen molar-refractivity contribution >= 4 is 34.8 Å². The van der Waals surface area contributed by atoms with Gasteiger partial charge in [0.1, 0.15) is 12.1 Å². The molecule has 0 atom stereocenters. The molecule has 0 saturated carbocycles. The lowest BCUT2D eigenvalue weighted by atomic mass is 9.83. The van der Waals surface area contributed by atoms with Crippen molar-refractivity contribution < 1.29 is 9.18 Å². The molecule has 0 aliphatic rings. The molecule has 0 spiro atoms. The lowest BCUT2D eigenvalue weighted by Gasteiger charge is -2.24. The number of hydrogen-bond donors (Lipinski definition) is 1. The van der Waals surface area contributed by atoms with Crippen LogP contribution in [0.15, 0.2) is 54.9 Å². The third-order valence-electron chi connectivity index (χ3n) is 4.19. The number of rotatable bonds is 4. The highest BCUT2D eigenvalue weighted by Crippen LogP contribution is 2.28. The number of imidazole rings is 1. The first kappa shape index (κ1) is 18.4. The minimum Gasteiger partial charge on any atom is -0.325 e. The zero-order valence-electron chi connectivity index (χ0n) is 14.1. The van der Waals surface area contributed by atoms with Crippen LogP contribution in [-0.2, 0) is 10.2 Å². The molecule has 7 heteroatoms. The molecule has 0 bridgehead atoms. The molecule has 4 nitrogen and oxygen atoms in total. The minimum atomic E-state index is -1.02. The number of halogens is 3. The van der Waals surface area contributed by atoms with E-state index in [-0.39, 0.29) is 11.1 Å². The van der Waals surface area contributed by atoms with Crippen molar-refractivity contribution in [3.8, 4) is 5.69 Å². The first-order chi connectivity index (χ1) is 12.3. The Morgan fingerprint density at radius 1 is 1.12 bits per heavy atom. The number of benzene rings is 2. The Morgan fingerprint density at radius 2 is 1.77 bits per heavy atom. The zero-order chi connectivity index (χ0) is 18.9. The molecule has 134 valence electrons. The lowest BCUT2D eigenvalue weighted by molar-refractivity contribution is -0.120. The quantitative estimate of drug-likeness (QED) is 0.661. The second kappa shape index (κ2) is 7.09. The molecule has 1 amide bonds. The van der Waals surface area contributed by atoms with Crippen molar-refractivity contribution in [1.29, 1.82) is 0 Å². The first-order valence-corrected chi connectivity index (χ1v) is 8.61. The van der Waals surface area contributed by atoms with Crippen LogP contribution < -0.4 is 5.32 Å². The number of carbonyl (C=O) groups excluding carboxylic acids is 1. The number of amides is 1. The molecule has 26 heavy (non-hydrogen) atoms. The van der Waals surface area contributed by atoms with Crippen molar-refractivity contribution in [3.63, 3.8) is 0 Å². The molecular formula is C19H16Cl2FN3O. The van der Waals surface area contributed by atoms with Crippen LogP contribution in [-0.4, -0.2) is 15.5 Å². The largest absolute Gasteiger partial charge is 0.325 e. The van der Waals surface area contributed by atoms with Crippen molar-refractivity contribution in [2.24, 2.45) is 0 Å². The predicted molar refractivity (Wildman–Crippen MR) is 102 cm³/mol. The van der Waals surface area contributed by atoms with E-state index in [1.54, 1.807) is 60.9 Å². The monoisotopic (exact) mass is 391 g/mol. The maximum absolute atomic E-state index is 14.1. The minimum absolute atomic E-state index is 0.218. The zero-order valence-corrected chi connectivity index (χ0v) is 15.6. The second-order valence-corrected chi connectivity index (χ2v) is 7.02. The van der Waals surface area contributed by atoms with Crippen molar-refractivity contribution in [2.45, 2.75) is 19.3 Å². The topological polar surface area (TPSA) is 46.9 Å². The fraction of sp³-hybridized carbons (Fsp3) is 0.158. The summed E-state index contributed by atoms with van der Waals surface area (Å²) in [4.78, 5) is 16.6. The summed E-state index contributed by atoms with van der Waals surface area (Å²) in [5.41, 5.74) is 0.658. The van der Waals surface area contributed by atoms with Crippen LogP contribution in [0.3, 0.4) is 0 Å². The molecule has 1 aromatic heterocycles. The SMILES string of the molecule is CC(C)(C(=O)Nc1ccc(-n2cnc(Cl)c2Cl)cc1)c1ccccc1F. The van der Waals surface area contributed by atoms with Gasteiger partial charge in [-0.3, -0.25) is 9.36 Å². The maximum Gasteiger partial charge on any atom is 0.234 e. The summed E-state index contributed by atoms with van der Waals surface area (Å²) in [5, 5.41) is 3.34. The van der Waals surface area contributed by atoms with Gasteiger partial charge in [-0.2, -0.15) is 0 Å². The summed E-state index contributed by atoms with van der Waals surface area (Å²) in [6, 6.07) is 13.3. The second-order valence-electron chi connectivity index (χ2n) is 6.30. The summed E-state index contributed by atoms with van der Waals surface area (Å²) in [6.07, 6.45) is 1.51. The molecule has 0 unspecified atom stereocenters. The van der Waals surface area contributed by atoms with Gasteiger partial charge >= 0.3 is 0 Å². The molecule has 3 rings (SSSR count). The Balaban J connectivity index is 1.80. The lowest BCUT2D eigenvalue weighted by Crippen LogP contribution is -2.35. The Bertz CT molecular complexity index is 952. The van der Waals surface area contributed by atoms with Crippen molar-refractivity contribution in [3.05, 3.63) is 76.5 Å². The molecular weight excluding hydrogens is 376 g/mol. The van der Waals surface area contributed by atoms with Gasteiger partial charge in [-0.15, -0.1) is 0 Å². The smallest absolute Gasteiger partial charge is 0.234 e. The van der Waals surface area contributed by atoms with Crippen LogP contribution in [0.2, 0.25) is 10.3 Å². The Labute approximate surface area is 160 Å². The average molecular weight is 392 g/mol. The first-order valence-electron chi connectivity index (χ1n) is 7.86. The number of nitrogens with zero attached hydrogens (tertiary/aromatic N) is 2. The van der Waals surface area contributed by atoms with Crippen molar-refractivity contribution in [2.75, 3.05) is 5.32 Å². The summed E-state index contributed by atoms with van der Waals surface area (Å²) in [6.45, 7) is 3.37. The van der Waals surface area contributed by atoms with Gasteiger partial charge in [0.05, 0.1) is 5.41 Å². The number of aromatic nitrogens is 2. The van der Waals surface area contributed by atoms with Gasteiger partial charge in [-0.25, -0.2) is 9.37 Å². The summed E-state index contributed by atoms with van der Waals surface area (Å²) in [5.74, 6) is -0.714. The van der Waals surface area contributed by atoms with Gasteiger partial charge in [0.15, 0.2) is 10.3 Å². The molecule has 2 aromatic carbocycles. The molecule has 0 aliphatic carbocycles. The van der Waals surface area contributed by atoms with Gasteiger partial charge in [0.25, 0.3) is 0 Å². The Kier molecular flexibility index (Phi) is 5.03. The summed E-state index contributed by atoms with van der Waals surface area (Å²) < 4.78 is 15.7. The molecule has 0 fully saturated rings. The van der Waals surface area contributed by atoms with E-state index in [2.05, 4.69) is 10.3 Å². The number of nitrogens with one attached hydrogen (secondary N) is 1. The normalized spacial score (nSPS) is 11.4. The van der Waals surface area contributed by atoms with Crippen molar-refractivity contribution in [1.82, 2.24) is 9.55 Å². The van der Waals surface area contributed by atoms with Gasteiger partial charge in [0, 0.05) is 16.9 Å². The Hall–Kier alpha value is -2.37. The van der Waals surface area contributed by atoms with Crippen LogP contribution >= 0.6 is 23.2 Å². The van der Waals surface area contributed by atoms with Crippen LogP contribution in [0, 0.1) is 5.82 Å². The van der Waals surface area contributed by atoms with E-state index in [9.17, 15) is 9.18 Å². The van der Waals surface area contributed by atoms with Gasteiger partial charge < -0.3 is 5.32 Å². The van der Waals surface area contributed by atoms with E-state index in [4.69, 9.17) is 23.2 Å². The number of anilines is 1. The highest BCUT2D eigenvalue weighted by Gasteiger charge is 2.32. The van der Waals surface area contributed by atoms with Crippen LogP contribution in [0.4, 0.5) is 10.1 Å².